The van der Waals surface area contributed by atoms with Gasteiger partial charge in [0.1, 0.15) is 12.3 Å². The van der Waals surface area contributed by atoms with Crippen molar-refractivity contribution in [2.75, 3.05) is 30.8 Å². The van der Waals surface area contributed by atoms with Crippen molar-refractivity contribution in [1.82, 2.24) is 5.32 Å². The van der Waals surface area contributed by atoms with Crippen molar-refractivity contribution in [3.63, 3.8) is 0 Å². The van der Waals surface area contributed by atoms with Crippen LogP contribution in [0, 0.1) is 13.8 Å². The Labute approximate surface area is 167 Å². The molecule has 7 heteroatoms. The van der Waals surface area contributed by atoms with Crippen molar-refractivity contribution < 1.29 is 17.9 Å². The zero-order chi connectivity index (χ0) is 20.7. The van der Waals surface area contributed by atoms with E-state index in [4.69, 9.17) is 4.74 Å². The molecular formula is C21H28N2O4S. The van der Waals surface area contributed by atoms with Crippen LogP contribution in [0.5, 0.6) is 5.75 Å². The van der Waals surface area contributed by atoms with Crippen LogP contribution in [0.4, 0.5) is 5.69 Å². The molecular weight excluding hydrogens is 376 g/mol. The first-order valence-corrected chi connectivity index (χ1v) is 11.0. The maximum Gasteiger partial charge on any atom is 0.240 e. The first-order valence-electron chi connectivity index (χ1n) is 9.16. The summed E-state index contributed by atoms with van der Waals surface area (Å²) in [5.41, 5.74) is 3.32. The minimum absolute atomic E-state index is 0.232. The number of carbonyl (C=O) groups excluding carboxylic acids is 1. The topological polar surface area (TPSA) is 75.7 Å². The molecule has 0 bridgehead atoms. The Hall–Kier alpha value is -2.54. The Balaban J connectivity index is 1.95. The van der Waals surface area contributed by atoms with Crippen molar-refractivity contribution in [1.29, 1.82) is 0 Å². The number of anilines is 1. The lowest BCUT2D eigenvalue weighted by Gasteiger charge is -2.25. The summed E-state index contributed by atoms with van der Waals surface area (Å²) in [7, 11) is -1.95. The van der Waals surface area contributed by atoms with Gasteiger partial charge < -0.3 is 10.1 Å². The van der Waals surface area contributed by atoms with Crippen LogP contribution in [0.1, 0.15) is 23.1 Å². The smallest absolute Gasteiger partial charge is 0.240 e. The normalized spacial score (nSPS) is 11.1. The highest BCUT2D eigenvalue weighted by molar-refractivity contribution is 7.92. The average molecular weight is 405 g/mol. The maximum absolute atomic E-state index is 12.4. The van der Waals surface area contributed by atoms with Crippen molar-refractivity contribution in [2.24, 2.45) is 0 Å². The van der Waals surface area contributed by atoms with Gasteiger partial charge in [0.25, 0.3) is 0 Å². The third-order valence-corrected chi connectivity index (χ3v) is 5.59. The molecule has 0 heterocycles. The molecule has 6 nitrogen and oxygen atoms in total. The standard InChI is InChI=1S/C21H28N2O4S/c1-16-8-5-9-17(2)21(16)23(28(4,25)26)15-20(24)22-13-7-11-18-10-6-12-19(14-18)27-3/h5-6,8-10,12,14H,7,11,13,15H2,1-4H3,(H,22,24). The SMILES string of the molecule is COc1cccc(CCCNC(=O)CN(c2c(C)cccc2C)S(C)(=O)=O)c1. The van der Waals surface area contributed by atoms with E-state index in [-0.39, 0.29) is 12.5 Å². The van der Waals surface area contributed by atoms with Crippen molar-refractivity contribution in [3.05, 3.63) is 59.2 Å². The van der Waals surface area contributed by atoms with Crippen LogP contribution >= 0.6 is 0 Å². The number of hydrogen-bond acceptors (Lipinski definition) is 4. The van der Waals surface area contributed by atoms with E-state index in [1.54, 1.807) is 7.11 Å². The van der Waals surface area contributed by atoms with E-state index in [1.807, 2.05) is 56.3 Å². The van der Waals surface area contributed by atoms with Crippen LogP contribution in [-0.4, -0.2) is 40.8 Å². The molecule has 1 N–H and O–H groups in total. The van der Waals surface area contributed by atoms with Crippen LogP contribution < -0.4 is 14.4 Å². The lowest BCUT2D eigenvalue weighted by molar-refractivity contribution is -0.119. The monoisotopic (exact) mass is 404 g/mol. The number of hydrogen-bond donors (Lipinski definition) is 1. The summed E-state index contributed by atoms with van der Waals surface area (Å²) in [4.78, 5) is 12.4. The first kappa shape index (κ1) is 21.8. The van der Waals surface area contributed by atoms with Crippen molar-refractivity contribution in [3.8, 4) is 5.75 Å². The Bertz CT molecular complexity index is 906. The predicted octanol–water partition coefficient (Wildman–Crippen LogP) is 2.83. The zero-order valence-electron chi connectivity index (χ0n) is 16.9. The molecule has 0 radical (unpaired) electrons. The van der Waals surface area contributed by atoms with E-state index in [1.165, 1.54) is 4.31 Å². The fourth-order valence-corrected chi connectivity index (χ4v) is 4.07. The van der Waals surface area contributed by atoms with E-state index in [2.05, 4.69) is 5.32 Å². The van der Waals surface area contributed by atoms with Crippen LogP contribution in [0.2, 0.25) is 0 Å². The Morgan fingerprint density at radius 2 is 1.75 bits per heavy atom. The number of sulfonamides is 1. The number of rotatable bonds is 9. The van der Waals surface area contributed by atoms with Gasteiger partial charge in [0.05, 0.1) is 19.1 Å². The highest BCUT2D eigenvalue weighted by Crippen LogP contribution is 2.26. The third-order valence-electron chi connectivity index (χ3n) is 4.47. The molecule has 1 amide bonds. The van der Waals surface area contributed by atoms with Gasteiger partial charge in [-0.05, 0) is 55.5 Å². The molecule has 152 valence electrons. The number of nitrogens with one attached hydrogen (secondary N) is 1. The minimum Gasteiger partial charge on any atom is -0.497 e. The summed E-state index contributed by atoms with van der Waals surface area (Å²) < 4.78 is 30.9. The molecule has 0 spiro atoms. The Morgan fingerprint density at radius 3 is 2.36 bits per heavy atom. The second-order valence-electron chi connectivity index (χ2n) is 6.82. The third kappa shape index (κ3) is 5.99. The Morgan fingerprint density at radius 1 is 1.11 bits per heavy atom. The summed E-state index contributed by atoms with van der Waals surface area (Å²) in [6.07, 6.45) is 2.67. The van der Waals surface area contributed by atoms with Gasteiger partial charge in [0, 0.05) is 6.54 Å². The van der Waals surface area contributed by atoms with Gasteiger partial charge in [-0.25, -0.2) is 8.42 Å². The highest BCUT2D eigenvalue weighted by Gasteiger charge is 2.23. The summed E-state index contributed by atoms with van der Waals surface area (Å²) in [5.74, 6) is 0.484. The molecule has 28 heavy (non-hydrogen) atoms. The van der Waals surface area contributed by atoms with Crippen LogP contribution in [0.3, 0.4) is 0 Å². The van der Waals surface area contributed by atoms with E-state index in [0.29, 0.717) is 12.2 Å². The lowest BCUT2D eigenvalue weighted by atomic mass is 10.1. The fourth-order valence-electron chi connectivity index (χ4n) is 3.10. The van der Waals surface area contributed by atoms with E-state index < -0.39 is 10.0 Å². The fraction of sp³-hybridized carbons (Fsp3) is 0.381. The Kier molecular flexibility index (Phi) is 7.45. The van der Waals surface area contributed by atoms with Gasteiger partial charge >= 0.3 is 0 Å². The van der Waals surface area contributed by atoms with Gasteiger partial charge in [-0.2, -0.15) is 0 Å². The second kappa shape index (κ2) is 9.59. The largest absolute Gasteiger partial charge is 0.497 e. The van der Waals surface area contributed by atoms with Crippen molar-refractivity contribution >= 4 is 21.6 Å². The zero-order valence-corrected chi connectivity index (χ0v) is 17.7. The van der Waals surface area contributed by atoms with E-state index in [0.717, 1.165) is 41.5 Å². The number of methoxy groups -OCH3 is 1. The number of para-hydroxylation sites is 1. The summed E-state index contributed by atoms with van der Waals surface area (Å²) in [6.45, 7) is 3.92. The van der Waals surface area contributed by atoms with Gasteiger partial charge in [-0.15, -0.1) is 0 Å². The summed E-state index contributed by atoms with van der Waals surface area (Å²) in [5, 5.41) is 2.82. The van der Waals surface area contributed by atoms with E-state index >= 15 is 0 Å². The number of nitrogens with zero attached hydrogens (tertiary/aromatic N) is 1. The highest BCUT2D eigenvalue weighted by atomic mass is 32.2. The predicted molar refractivity (Wildman–Crippen MR) is 112 cm³/mol. The van der Waals surface area contributed by atoms with E-state index in [9.17, 15) is 13.2 Å². The van der Waals surface area contributed by atoms with Crippen LogP contribution in [-0.2, 0) is 21.2 Å². The molecule has 0 aliphatic carbocycles. The summed E-state index contributed by atoms with van der Waals surface area (Å²) in [6, 6.07) is 13.3. The molecule has 0 aliphatic heterocycles. The number of amides is 1. The van der Waals surface area contributed by atoms with Gasteiger partial charge in [-0.3, -0.25) is 9.10 Å². The maximum atomic E-state index is 12.4. The molecule has 0 atom stereocenters. The summed E-state index contributed by atoms with van der Waals surface area (Å²) >= 11 is 0. The van der Waals surface area contributed by atoms with Gasteiger partial charge in [0.15, 0.2) is 0 Å². The number of aryl methyl sites for hydroxylation is 3. The van der Waals surface area contributed by atoms with Crippen molar-refractivity contribution in [2.45, 2.75) is 26.7 Å². The number of benzene rings is 2. The van der Waals surface area contributed by atoms with Gasteiger partial charge in [0.2, 0.25) is 15.9 Å². The van der Waals surface area contributed by atoms with Crippen LogP contribution in [0.15, 0.2) is 42.5 Å². The first-order chi connectivity index (χ1) is 13.2. The average Bonchev–Trinajstić information content (AvgIpc) is 2.63. The van der Waals surface area contributed by atoms with Crippen LogP contribution in [0.25, 0.3) is 0 Å². The quantitative estimate of drug-likeness (QED) is 0.652. The minimum atomic E-state index is -3.58. The van der Waals surface area contributed by atoms with Gasteiger partial charge in [-0.1, -0.05) is 30.3 Å². The molecule has 0 saturated carbocycles. The molecule has 2 aromatic rings. The molecule has 0 aliphatic rings. The molecule has 0 unspecified atom stereocenters. The number of ether oxygens (including phenoxy) is 1. The number of carbonyl (C=O) groups is 1. The molecule has 2 aromatic carbocycles. The molecule has 0 aromatic heterocycles. The molecule has 0 fully saturated rings. The molecule has 2 rings (SSSR count). The molecule has 0 saturated heterocycles. The lowest BCUT2D eigenvalue weighted by Crippen LogP contribution is -2.41. The second-order valence-corrected chi connectivity index (χ2v) is 8.72.